The molecule has 1 saturated carbocycles. The Morgan fingerprint density at radius 1 is 1.05 bits per heavy atom. The average molecular weight is 267 g/mol. The summed E-state index contributed by atoms with van der Waals surface area (Å²) in [5, 5.41) is 3.77. The molecule has 1 saturated heterocycles. The van der Waals surface area contributed by atoms with Gasteiger partial charge in [-0.2, -0.15) is 0 Å². The van der Waals surface area contributed by atoms with Crippen molar-refractivity contribution in [2.45, 2.75) is 57.5 Å². The van der Waals surface area contributed by atoms with Crippen molar-refractivity contribution in [1.82, 2.24) is 15.1 Å². The van der Waals surface area contributed by atoms with Gasteiger partial charge in [0.1, 0.15) is 0 Å². The van der Waals surface area contributed by atoms with Gasteiger partial charge in [0.2, 0.25) is 0 Å². The summed E-state index contributed by atoms with van der Waals surface area (Å²) >= 11 is 0. The van der Waals surface area contributed by atoms with E-state index in [-0.39, 0.29) is 0 Å². The third kappa shape index (κ3) is 5.05. The predicted octanol–water partition coefficient (Wildman–Crippen LogP) is 2.18. The fraction of sp³-hybridized carbons (Fsp3) is 1.00. The fourth-order valence-electron chi connectivity index (χ4n) is 3.53. The van der Waals surface area contributed by atoms with Crippen LogP contribution in [0.5, 0.6) is 0 Å². The molecule has 0 radical (unpaired) electrons. The van der Waals surface area contributed by atoms with Crippen LogP contribution in [0.3, 0.4) is 0 Å². The van der Waals surface area contributed by atoms with Crippen LogP contribution in [0, 0.1) is 5.92 Å². The molecule has 2 fully saturated rings. The summed E-state index contributed by atoms with van der Waals surface area (Å²) in [6.45, 7) is 7.30. The van der Waals surface area contributed by atoms with Crippen LogP contribution in [0.25, 0.3) is 0 Å². The topological polar surface area (TPSA) is 18.5 Å². The highest BCUT2D eigenvalue weighted by molar-refractivity contribution is 4.79. The van der Waals surface area contributed by atoms with Crippen molar-refractivity contribution in [2.24, 2.45) is 5.92 Å². The van der Waals surface area contributed by atoms with Crippen molar-refractivity contribution in [3.05, 3.63) is 0 Å². The van der Waals surface area contributed by atoms with Gasteiger partial charge < -0.3 is 15.1 Å². The van der Waals surface area contributed by atoms with Crippen LogP contribution in [0.1, 0.15) is 45.4 Å². The molecule has 112 valence electrons. The molecule has 0 atom stereocenters. The summed E-state index contributed by atoms with van der Waals surface area (Å²) in [6, 6.07) is 1.60. The second-order valence-corrected chi connectivity index (χ2v) is 6.93. The van der Waals surface area contributed by atoms with Crippen LogP contribution in [0.4, 0.5) is 0 Å². The second-order valence-electron chi connectivity index (χ2n) is 6.93. The molecule has 3 nitrogen and oxygen atoms in total. The third-order valence-electron chi connectivity index (χ3n) is 5.22. The maximum absolute atomic E-state index is 3.77. The minimum atomic E-state index is 0.794. The molecule has 0 aromatic heterocycles. The van der Waals surface area contributed by atoms with E-state index in [0.29, 0.717) is 0 Å². The summed E-state index contributed by atoms with van der Waals surface area (Å²) in [5.74, 6) is 0.958. The molecule has 0 aromatic rings. The Balaban J connectivity index is 1.57. The molecule has 1 N–H and O–H groups in total. The zero-order chi connectivity index (χ0) is 13.7. The van der Waals surface area contributed by atoms with E-state index in [0.717, 1.165) is 18.0 Å². The monoisotopic (exact) mass is 267 g/mol. The Morgan fingerprint density at radius 2 is 1.68 bits per heavy atom. The van der Waals surface area contributed by atoms with E-state index in [4.69, 9.17) is 0 Å². The van der Waals surface area contributed by atoms with Crippen molar-refractivity contribution in [3.8, 4) is 0 Å². The van der Waals surface area contributed by atoms with Crippen LogP contribution in [-0.2, 0) is 0 Å². The highest BCUT2D eigenvalue weighted by atomic mass is 15.2. The molecular weight excluding hydrogens is 234 g/mol. The first-order valence-electron chi connectivity index (χ1n) is 8.27. The molecule has 0 aromatic carbocycles. The smallest absolute Gasteiger partial charge is 0.0117 e. The van der Waals surface area contributed by atoms with Gasteiger partial charge in [0, 0.05) is 25.2 Å². The van der Waals surface area contributed by atoms with E-state index >= 15 is 0 Å². The normalized spacial score (nSPS) is 30.9. The molecular formula is C16H33N3. The Bertz CT molecular complexity index is 240. The van der Waals surface area contributed by atoms with Crippen LogP contribution in [0.2, 0.25) is 0 Å². The lowest BCUT2D eigenvalue weighted by molar-refractivity contribution is 0.143. The van der Waals surface area contributed by atoms with Gasteiger partial charge in [-0.15, -0.1) is 0 Å². The van der Waals surface area contributed by atoms with Crippen LogP contribution in [0.15, 0.2) is 0 Å². The largest absolute Gasteiger partial charge is 0.313 e. The van der Waals surface area contributed by atoms with Crippen molar-refractivity contribution < 1.29 is 0 Å². The lowest BCUT2D eigenvalue weighted by Gasteiger charge is -2.35. The molecule has 0 bridgehead atoms. The van der Waals surface area contributed by atoms with Gasteiger partial charge in [0.25, 0.3) is 0 Å². The summed E-state index contributed by atoms with van der Waals surface area (Å²) in [5.41, 5.74) is 0. The van der Waals surface area contributed by atoms with E-state index in [1.807, 2.05) is 0 Å². The first-order chi connectivity index (χ1) is 9.15. The van der Waals surface area contributed by atoms with Crippen molar-refractivity contribution in [2.75, 3.05) is 40.3 Å². The number of nitrogens with zero attached hydrogens (tertiary/aromatic N) is 2. The van der Waals surface area contributed by atoms with Gasteiger partial charge >= 0.3 is 0 Å². The number of nitrogens with one attached hydrogen (secondary N) is 1. The molecule has 0 amide bonds. The Morgan fingerprint density at radius 3 is 2.32 bits per heavy atom. The highest BCUT2D eigenvalue weighted by Crippen LogP contribution is 2.23. The standard InChI is InChI=1S/C16H33N3/c1-14-4-6-15(7-5-14)17-10-13-19(3)16-8-11-18(2)12-9-16/h14-17H,4-13H2,1-3H3. The molecule has 0 spiro atoms. The molecule has 3 heteroatoms. The van der Waals surface area contributed by atoms with Crippen LogP contribution < -0.4 is 5.32 Å². The minimum absolute atomic E-state index is 0.794. The number of piperidine rings is 1. The average Bonchev–Trinajstić information content (AvgIpc) is 2.41. The Hall–Kier alpha value is -0.120. The lowest BCUT2D eigenvalue weighted by atomic mass is 9.87. The number of hydrogen-bond acceptors (Lipinski definition) is 3. The maximum Gasteiger partial charge on any atom is 0.0117 e. The Kier molecular flexibility index (Phi) is 6.11. The maximum atomic E-state index is 3.77. The summed E-state index contributed by atoms with van der Waals surface area (Å²) < 4.78 is 0. The SMILES string of the molecule is CC1CCC(NCCN(C)C2CCN(C)CC2)CC1. The zero-order valence-corrected chi connectivity index (χ0v) is 13.2. The highest BCUT2D eigenvalue weighted by Gasteiger charge is 2.21. The molecule has 1 aliphatic heterocycles. The fourth-order valence-corrected chi connectivity index (χ4v) is 3.53. The molecule has 2 aliphatic rings. The molecule has 0 unspecified atom stereocenters. The van der Waals surface area contributed by atoms with Gasteiger partial charge in [-0.05, 0) is 71.6 Å². The summed E-state index contributed by atoms with van der Waals surface area (Å²) in [6.07, 6.45) is 8.30. The molecule has 1 heterocycles. The number of rotatable bonds is 5. The Labute approximate surface area is 119 Å². The third-order valence-corrected chi connectivity index (χ3v) is 5.22. The van der Waals surface area contributed by atoms with Crippen LogP contribution in [-0.4, -0.2) is 62.2 Å². The number of likely N-dealkylation sites (N-methyl/N-ethyl adjacent to an activating group) is 1. The minimum Gasteiger partial charge on any atom is -0.313 e. The van der Waals surface area contributed by atoms with Crippen molar-refractivity contribution in [3.63, 3.8) is 0 Å². The predicted molar refractivity (Wildman–Crippen MR) is 82.6 cm³/mol. The van der Waals surface area contributed by atoms with E-state index < -0.39 is 0 Å². The van der Waals surface area contributed by atoms with E-state index in [9.17, 15) is 0 Å². The van der Waals surface area contributed by atoms with Crippen molar-refractivity contribution in [1.29, 1.82) is 0 Å². The van der Waals surface area contributed by atoms with Gasteiger partial charge in [-0.25, -0.2) is 0 Å². The summed E-state index contributed by atoms with van der Waals surface area (Å²) in [4.78, 5) is 5.03. The second kappa shape index (κ2) is 7.61. The molecule has 19 heavy (non-hydrogen) atoms. The number of hydrogen-bond donors (Lipinski definition) is 1. The van der Waals surface area contributed by atoms with E-state index in [2.05, 4.69) is 36.1 Å². The van der Waals surface area contributed by atoms with Gasteiger partial charge in [-0.3, -0.25) is 0 Å². The summed E-state index contributed by atoms with van der Waals surface area (Å²) in [7, 11) is 4.54. The van der Waals surface area contributed by atoms with Gasteiger partial charge in [-0.1, -0.05) is 6.92 Å². The zero-order valence-electron chi connectivity index (χ0n) is 13.2. The van der Waals surface area contributed by atoms with Crippen LogP contribution >= 0.6 is 0 Å². The lowest BCUT2D eigenvalue weighted by Crippen LogP contribution is -2.45. The van der Waals surface area contributed by atoms with E-state index in [1.165, 1.54) is 64.7 Å². The van der Waals surface area contributed by atoms with E-state index in [1.54, 1.807) is 0 Å². The van der Waals surface area contributed by atoms with Crippen molar-refractivity contribution >= 4 is 0 Å². The quantitative estimate of drug-likeness (QED) is 0.824. The van der Waals surface area contributed by atoms with Gasteiger partial charge in [0.15, 0.2) is 0 Å². The molecule has 2 rings (SSSR count). The molecule has 1 aliphatic carbocycles. The first-order valence-corrected chi connectivity index (χ1v) is 8.27. The number of likely N-dealkylation sites (tertiary alicyclic amines) is 1. The van der Waals surface area contributed by atoms with Gasteiger partial charge in [0.05, 0.1) is 0 Å². The first kappa shape index (κ1) is 15.3.